The van der Waals surface area contributed by atoms with E-state index in [1.807, 2.05) is 7.05 Å². The Hall–Kier alpha value is -2.12. The Bertz CT molecular complexity index is 835. The van der Waals surface area contributed by atoms with Gasteiger partial charge in [-0.2, -0.15) is 5.10 Å². The molecule has 0 atom stereocenters. The molecule has 1 N–H and O–H groups in total. The van der Waals surface area contributed by atoms with Crippen LogP contribution in [-0.2, 0) is 11.8 Å². The van der Waals surface area contributed by atoms with Crippen molar-refractivity contribution in [3.8, 4) is 0 Å². The molecule has 0 saturated carbocycles. The molecule has 112 valence electrons. The average molecular weight is 334 g/mol. The first kappa shape index (κ1) is 14.8. The number of fused-ring (bicyclic) bond motifs is 1. The second kappa shape index (κ2) is 6.33. The van der Waals surface area contributed by atoms with Gasteiger partial charge in [-0.3, -0.25) is 9.48 Å². The van der Waals surface area contributed by atoms with Crippen molar-refractivity contribution in [1.82, 2.24) is 19.7 Å². The molecule has 8 heteroatoms. The minimum atomic E-state index is -0.122. The molecule has 1 aromatic carbocycles. The number of halogens is 1. The third-order valence-corrected chi connectivity index (χ3v) is 4.18. The van der Waals surface area contributed by atoms with Gasteiger partial charge in [0.25, 0.3) is 0 Å². The summed E-state index contributed by atoms with van der Waals surface area (Å²) in [6.07, 6.45) is 3.17. The van der Waals surface area contributed by atoms with Crippen molar-refractivity contribution in [3.05, 3.63) is 41.8 Å². The standard InChI is InChI=1S/C14H12ClN5OS/c1-20-13-11(6-18-20)14(17-8-16-13)22-7-12(21)19-10-4-2-3-9(15)5-10/h2-6,8H,7H2,1H3,(H,19,21). The molecule has 0 bridgehead atoms. The predicted molar refractivity (Wildman–Crippen MR) is 87.1 cm³/mol. The molecule has 0 fully saturated rings. The van der Waals surface area contributed by atoms with Crippen molar-refractivity contribution in [2.24, 2.45) is 7.05 Å². The summed E-state index contributed by atoms with van der Waals surface area (Å²) in [6.45, 7) is 0. The number of hydrogen-bond acceptors (Lipinski definition) is 5. The maximum atomic E-state index is 12.0. The Morgan fingerprint density at radius 1 is 1.41 bits per heavy atom. The van der Waals surface area contributed by atoms with Gasteiger partial charge in [0.15, 0.2) is 5.65 Å². The van der Waals surface area contributed by atoms with Crippen LogP contribution in [-0.4, -0.2) is 31.4 Å². The molecule has 0 spiro atoms. The van der Waals surface area contributed by atoms with E-state index in [1.54, 1.807) is 35.1 Å². The van der Waals surface area contributed by atoms with Gasteiger partial charge >= 0.3 is 0 Å². The van der Waals surface area contributed by atoms with Crippen LogP contribution in [0.15, 0.2) is 41.8 Å². The van der Waals surface area contributed by atoms with Gasteiger partial charge in [0.05, 0.1) is 17.3 Å². The number of carbonyl (C=O) groups excluding carboxylic acids is 1. The van der Waals surface area contributed by atoms with Crippen molar-refractivity contribution < 1.29 is 4.79 Å². The zero-order valence-electron chi connectivity index (χ0n) is 11.7. The molecule has 2 heterocycles. The smallest absolute Gasteiger partial charge is 0.234 e. The third kappa shape index (κ3) is 3.20. The molecule has 1 amide bonds. The second-order valence-corrected chi connectivity index (χ2v) is 5.93. The van der Waals surface area contributed by atoms with Gasteiger partial charge in [-0.05, 0) is 18.2 Å². The summed E-state index contributed by atoms with van der Waals surface area (Å²) in [5, 5.41) is 9.10. The minimum Gasteiger partial charge on any atom is -0.325 e. The topological polar surface area (TPSA) is 72.7 Å². The van der Waals surface area contributed by atoms with Crippen molar-refractivity contribution in [2.75, 3.05) is 11.1 Å². The summed E-state index contributed by atoms with van der Waals surface area (Å²) in [6, 6.07) is 7.03. The van der Waals surface area contributed by atoms with Crippen LogP contribution in [0.25, 0.3) is 11.0 Å². The highest BCUT2D eigenvalue weighted by Crippen LogP contribution is 2.24. The van der Waals surface area contributed by atoms with Gasteiger partial charge < -0.3 is 5.32 Å². The third-order valence-electron chi connectivity index (χ3n) is 2.94. The normalized spacial score (nSPS) is 10.8. The lowest BCUT2D eigenvalue weighted by atomic mass is 10.3. The van der Waals surface area contributed by atoms with Crippen molar-refractivity contribution >= 4 is 46.0 Å². The highest BCUT2D eigenvalue weighted by Gasteiger charge is 2.10. The number of nitrogens with zero attached hydrogens (tertiary/aromatic N) is 4. The molecule has 6 nitrogen and oxygen atoms in total. The lowest BCUT2D eigenvalue weighted by molar-refractivity contribution is -0.113. The van der Waals surface area contributed by atoms with Crippen LogP contribution in [0.4, 0.5) is 5.69 Å². The SMILES string of the molecule is Cn1ncc2c(SCC(=O)Nc3cccc(Cl)c3)ncnc21. The first-order valence-electron chi connectivity index (χ1n) is 6.44. The lowest BCUT2D eigenvalue weighted by Crippen LogP contribution is -2.14. The highest BCUT2D eigenvalue weighted by atomic mass is 35.5. The fraction of sp³-hybridized carbons (Fsp3) is 0.143. The number of carbonyl (C=O) groups is 1. The number of aromatic nitrogens is 4. The van der Waals surface area contributed by atoms with Gasteiger partial charge in [0.1, 0.15) is 11.4 Å². The maximum absolute atomic E-state index is 12.0. The molecule has 0 aliphatic carbocycles. The number of anilines is 1. The van der Waals surface area contributed by atoms with E-state index in [4.69, 9.17) is 11.6 Å². The van der Waals surface area contributed by atoms with Gasteiger partial charge in [0, 0.05) is 17.8 Å². The van der Waals surface area contributed by atoms with Crippen LogP contribution >= 0.6 is 23.4 Å². The van der Waals surface area contributed by atoms with E-state index >= 15 is 0 Å². The van der Waals surface area contributed by atoms with E-state index < -0.39 is 0 Å². The first-order valence-corrected chi connectivity index (χ1v) is 7.81. The minimum absolute atomic E-state index is 0.122. The number of thioether (sulfide) groups is 1. The van der Waals surface area contributed by atoms with E-state index in [2.05, 4.69) is 20.4 Å². The van der Waals surface area contributed by atoms with Gasteiger partial charge in [0.2, 0.25) is 5.91 Å². The number of hydrogen-bond donors (Lipinski definition) is 1. The van der Waals surface area contributed by atoms with Crippen LogP contribution in [0, 0.1) is 0 Å². The van der Waals surface area contributed by atoms with Crippen LogP contribution in [0.1, 0.15) is 0 Å². The number of rotatable bonds is 4. The molecule has 3 rings (SSSR count). The molecule has 0 aliphatic heterocycles. The Morgan fingerprint density at radius 3 is 3.09 bits per heavy atom. The summed E-state index contributed by atoms with van der Waals surface area (Å²) >= 11 is 7.23. The number of nitrogens with one attached hydrogen (secondary N) is 1. The average Bonchev–Trinajstić information content (AvgIpc) is 2.87. The molecular weight excluding hydrogens is 322 g/mol. The van der Waals surface area contributed by atoms with E-state index in [-0.39, 0.29) is 11.7 Å². The largest absolute Gasteiger partial charge is 0.325 e. The van der Waals surface area contributed by atoms with Gasteiger partial charge in [-0.15, -0.1) is 0 Å². The Morgan fingerprint density at radius 2 is 2.27 bits per heavy atom. The molecule has 0 unspecified atom stereocenters. The van der Waals surface area contributed by atoms with Crippen LogP contribution in [0.5, 0.6) is 0 Å². The first-order chi connectivity index (χ1) is 10.6. The van der Waals surface area contributed by atoms with Crippen LogP contribution in [0.3, 0.4) is 0 Å². The lowest BCUT2D eigenvalue weighted by Gasteiger charge is -2.05. The van der Waals surface area contributed by atoms with Crippen molar-refractivity contribution in [3.63, 3.8) is 0 Å². The summed E-state index contributed by atoms with van der Waals surface area (Å²) in [7, 11) is 1.82. The Labute approximate surface area is 135 Å². The molecule has 2 aromatic heterocycles. The molecule has 22 heavy (non-hydrogen) atoms. The monoisotopic (exact) mass is 333 g/mol. The van der Waals surface area contributed by atoms with E-state index in [0.717, 1.165) is 16.1 Å². The van der Waals surface area contributed by atoms with Crippen LogP contribution < -0.4 is 5.32 Å². The molecule has 0 saturated heterocycles. The summed E-state index contributed by atoms with van der Waals surface area (Å²) in [5.74, 6) is 0.121. The maximum Gasteiger partial charge on any atom is 0.234 e. The van der Waals surface area contributed by atoms with Crippen LogP contribution in [0.2, 0.25) is 5.02 Å². The highest BCUT2D eigenvalue weighted by molar-refractivity contribution is 8.00. The van der Waals surface area contributed by atoms with Gasteiger partial charge in [-0.1, -0.05) is 29.4 Å². The Kier molecular flexibility index (Phi) is 4.26. The fourth-order valence-electron chi connectivity index (χ4n) is 1.95. The number of amides is 1. The summed E-state index contributed by atoms with van der Waals surface area (Å²) < 4.78 is 1.67. The summed E-state index contributed by atoms with van der Waals surface area (Å²) in [4.78, 5) is 20.4. The van der Waals surface area contributed by atoms with E-state index in [1.165, 1.54) is 18.1 Å². The van der Waals surface area contributed by atoms with E-state index in [0.29, 0.717) is 10.7 Å². The fourth-order valence-corrected chi connectivity index (χ4v) is 2.90. The number of aryl methyl sites for hydroxylation is 1. The predicted octanol–water partition coefficient (Wildman–Crippen LogP) is 2.75. The van der Waals surface area contributed by atoms with Crippen molar-refractivity contribution in [1.29, 1.82) is 0 Å². The second-order valence-electron chi connectivity index (χ2n) is 4.53. The molecule has 3 aromatic rings. The number of benzene rings is 1. The molecule has 0 aliphatic rings. The van der Waals surface area contributed by atoms with E-state index in [9.17, 15) is 4.79 Å². The molecular formula is C14H12ClN5OS. The zero-order chi connectivity index (χ0) is 15.5. The van der Waals surface area contributed by atoms with Crippen molar-refractivity contribution in [2.45, 2.75) is 5.03 Å². The zero-order valence-corrected chi connectivity index (χ0v) is 13.2. The molecule has 0 radical (unpaired) electrons. The van der Waals surface area contributed by atoms with Gasteiger partial charge in [-0.25, -0.2) is 9.97 Å². The summed E-state index contributed by atoms with van der Waals surface area (Å²) in [5.41, 5.74) is 1.42. The Balaban J connectivity index is 1.67. The quantitative estimate of drug-likeness (QED) is 0.587.